The molecule has 2 aromatic rings. The van der Waals surface area contributed by atoms with Crippen LogP contribution in [-0.2, 0) is 11.3 Å². The third-order valence-electron chi connectivity index (χ3n) is 5.67. The van der Waals surface area contributed by atoms with Crippen LogP contribution in [0.5, 0.6) is 0 Å². The number of rotatable bonds is 7. The van der Waals surface area contributed by atoms with E-state index >= 15 is 0 Å². The zero-order chi connectivity index (χ0) is 21.0. The van der Waals surface area contributed by atoms with Crippen molar-refractivity contribution in [3.63, 3.8) is 0 Å². The van der Waals surface area contributed by atoms with Crippen molar-refractivity contribution in [1.82, 2.24) is 4.90 Å². The Morgan fingerprint density at radius 1 is 1.28 bits per heavy atom. The van der Waals surface area contributed by atoms with Crippen molar-refractivity contribution in [2.75, 3.05) is 11.4 Å². The Balaban J connectivity index is 1.95. The first kappa shape index (κ1) is 21.1. The topological polar surface area (TPSA) is 47.3 Å². The molecule has 1 aliphatic heterocycles. The van der Waals surface area contributed by atoms with Crippen LogP contribution < -0.4 is 4.90 Å². The van der Waals surface area contributed by atoms with Gasteiger partial charge in [0.2, 0.25) is 5.91 Å². The summed E-state index contributed by atoms with van der Waals surface area (Å²) in [5, 5.41) is 9.52. The number of benzene rings is 2. The molecule has 152 valence electrons. The molecule has 1 fully saturated rings. The smallest absolute Gasteiger partial charge is 0.225 e. The van der Waals surface area contributed by atoms with E-state index in [4.69, 9.17) is 16.9 Å². The lowest BCUT2D eigenvalue weighted by Gasteiger charge is -2.33. The summed E-state index contributed by atoms with van der Waals surface area (Å²) in [6, 6.07) is 14.1. The highest BCUT2D eigenvalue weighted by molar-refractivity contribution is 6.32. The van der Waals surface area contributed by atoms with Gasteiger partial charge in [-0.15, -0.1) is 0 Å². The summed E-state index contributed by atoms with van der Waals surface area (Å²) in [6.45, 7) is 5.10. The average Bonchev–Trinajstić information content (AvgIpc) is 3.09. The minimum atomic E-state index is -0.279. The molecule has 0 N–H and O–H groups in total. The maximum absolute atomic E-state index is 14.4. The molecule has 0 radical (unpaired) electrons. The largest absolute Gasteiger partial charge is 0.362 e. The summed E-state index contributed by atoms with van der Waals surface area (Å²) in [4.78, 5) is 16.7. The number of carbonyl (C=O) groups is 1. The van der Waals surface area contributed by atoms with E-state index in [1.807, 2.05) is 15.9 Å². The summed E-state index contributed by atoms with van der Waals surface area (Å²) in [5.74, 6) is -0.152. The molecule has 1 saturated heterocycles. The molecule has 2 aromatic carbocycles. The van der Waals surface area contributed by atoms with Crippen molar-refractivity contribution in [2.45, 2.75) is 51.7 Å². The molecule has 1 heterocycles. The number of nitriles is 1. The number of amides is 1. The van der Waals surface area contributed by atoms with Crippen LogP contribution in [0.15, 0.2) is 42.5 Å². The first-order valence-corrected chi connectivity index (χ1v) is 10.3. The molecule has 3 rings (SSSR count). The molecule has 0 saturated carbocycles. The van der Waals surface area contributed by atoms with E-state index in [9.17, 15) is 9.18 Å². The van der Waals surface area contributed by atoms with Crippen LogP contribution in [0.1, 0.15) is 44.2 Å². The Hall–Kier alpha value is -2.58. The number of nitrogens with zero attached hydrogens (tertiary/aromatic N) is 3. The second-order valence-corrected chi connectivity index (χ2v) is 7.78. The number of likely N-dealkylation sites (tertiary alicyclic amines) is 1. The number of halogens is 2. The maximum atomic E-state index is 14.4. The Bertz CT molecular complexity index is 923. The van der Waals surface area contributed by atoms with E-state index in [0.29, 0.717) is 35.7 Å². The highest BCUT2D eigenvalue weighted by Gasteiger charge is 2.36. The van der Waals surface area contributed by atoms with E-state index in [1.165, 1.54) is 6.07 Å². The van der Waals surface area contributed by atoms with Crippen molar-refractivity contribution in [3.05, 3.63) is 64.4 Å². The summed E-state index contributed by atoms with van der Waals surface area (Å²) in [5.41, 5.74) is 1.73. The molecule has 0 bridgehead atoms. The first-order valence-electron chi connectivity index (χ1n) is 9.97. The molecule has 4 nitrogen and oxygen atoms in total. The number of hydrogen-bond donors (Lipinski definition) is 0. The molecule has 0 aromatic heterocycles. The standard InChI is InChI=1S/C23H25ClFN3O/c1-3-18(4-2)28-15-20(12-23(28)29)27(14-17-7-5-6-8-22(17)25)19-10-9-16(13-26)21(24)11-19/h5-11,18,20H,3-4,12,14-15H2,1-2H3/t20-/m0/s1. The fourth-order valence-electron chi connectivity index (χ4n) is 4.02. The van der Waals surface area contributed by atoms with Gasteiger partial charge in [0.15, 0.2) is 0 Å². The Labute approximate surface area is 176 Å². The molecule has 0 aliphatic carbocycles. The lowest BCUT2D eigenvalue weighted by atomic mass is 10.1. The van der Waals surface area contributed by atoms with E-state index in [0.717, 1.165) is 18.5 Å². The number of anilines is 1. The molecule has 1 amide bonds. The third kappa shape index (κ3) is 4.54. The van der Waals surface area contributed by atoms with Crippen molar-refractivity contribution < 1.29 is 9.18 Å². The van der Waals surface area contributed by atoms with E-state index in [1.54, 1.807) is 30.3 Å². The van der Waals surface area contributed by atoms with Crippen LogP contribution in [0.2, 0.25) is 5.02 Å². The van der Waals surface area contributed by atoms with Gasteiger partial charge in [-0.3, -0.25) is 4.79 Å². The molecule has 1 aliphatic rings. The highest BCUT2D eigenvalue weighted by atomic mass is 35.5. The maximum Gasteiger partial charge on any atom is 0.225 e. The van der Waals surface area contributed by atoms with Gasteiger partial charge in [-0.05, 0) is 37.1 Å². The summed E-state index contributed by atoms with van der Waals surface area (Å²) >= 11 is 6.27. The SMILES string of the molecule is CCC(CC)N1C[C@@H](N(Cc2ccccc2F)c2ccc(C#N)c(Cl)c2)CC1=O. The Morgan fingerprint density at radius 3 is 2.62 bits per heavy atom. The van der Waals surface area contributed by atoms with Gasteiger partial charge >= 0.3 is 0 Å². The monoisotopic (exact) mass is 413 g/mol. The predicted molar refractivity (Wildman–Crippen MR) is 113 cm³/mol. The highest BCUT2D eigenvalue weighted by Crippen LogP contribution is 2.31. The minimum absolute atomic E-state index is 0.0910. The fourth-order valence-corrected chi connectivity index (χ4v) is 4.23. The molecule has 29 heavy (non-hydrogen) atoms. The van der Waals surface area contributed by atoms with Crippen LogP contribution in [0.3, 0.4) is 0 Å². The predicted octanol–water partition coefficient (Wildman–Crippen LogP) is 5.15. The third-order valence-corrected chi connectivity index (χ3v) is 5.98. The zero-order valence-corrected chi connectivity index (χ0v) is 17.5. The van der Waals surface area contributed by atoms with Gasteiger partial charge in [0.05, 0.1) is 16.6 Å². The van der Waals surface area contributed by atoms with Crippen molar-refractivity contribution in [3.8, 4) is 6.07 Å². The minimum Gasteiger partial charge on any atom is -0.362 e. The van der Waals surface area contributed by atoms with Gasteiger partial charge in [0.1, 0.15) is 11.9 Å². The normalized spacial score (nSPS) is 16.3. The second kappa shape index (κ2) is 9.28. The zero-order valence-electron chi connectivity index (χ0n) is 16.7. The van der Waals surface area contributed by atoms with Gasteiger partial charge < -0.3 is 9.80 Å². The van der Waals surface area contributed by atoms with Crippen LogP contribution in [0, 0.1) is 17.1 Å². The van der Waals surface area contributed by atoms with Crippen molar-refractivity contribution in [2.24, 2.45) is 0 Å². The van der Waals surface area contributed by atoms with Crippen molar-refractivity contribution >= 4 is 23.2 Å². The molecule has 0 unspecified atom stereocenters. The summed E-state index contributed by atoms with van der Waals surface area (Å²) in [7, 11) is 0. The quantitative estimate of drug-likeness (QED) is 0.630. The van der Waals surface area contributed by atoms with Crippen LogP contribution in [0.25, 0.3) is 0 Å². The van der Waals surface area contributed by atoms with Gasteiger partial charge in [0.25, 0.3) is 0 Å². The molecular formula is C23H25ClFN3O. The van der Waals surface area contributed by atoms with Gasteiger partial charge in [-0.25, -0.2) is 4.39 Å². The number of hydrogen-bond acceptors (Lipinski definition) is 3. The molecule has 6 heteroatoms. The van der Waals surface area contributed by atoms with Gasteiger partial charge in [0, 0.05) is 36.8 Å². The second-order valence-electron chi connectivity index (χ2n) is 7.37. The molecule has 0 spiro atoms. The van der Waals surface area contributed by atoms with E-state index in [2.05, 4.69) is 19.9 Å². The van der Waals surface area contributed by atoms with Crippen LogP contribution in [0.4, 0.5) is 10.1 Å². The lowest BCUT2D eigenvalue weighted by molar-refractivity contribution is -0.129. The Kier molecular flexibility index (Phi) is 6.76. The number of carbonyl (C=O) groups excluding carboxylic acids is 1. The van der Waals surface area contributed by atoms with Gasteiger partial charge in [-0.2, -0.15) is 5.26 Å². The van der Waals surface area contributed by atoms with E-state index in [-0.39, 0.29) is 23.8 Å². The van der Waals surface area contributed by atoms with Crippen LogP contribution >= 0.6 is 11.6 Å². The fraction of sp³-hybridized carbons (Fsp3) is 0.391. The van der Waals surface area contributed by atoms with Gasteiger partial charge in [-0.1, -0.05) is 43.6 Å². The average molecular weight is 414 g/mol. The Morgan fingerprint density at radius 2 is 2.00 bits per heavy atom. The van der Waals surface area contributed by atoms with E-state index < -0.39 is 0 Å². The van der Waals surface area contributed by atoms with Crippen LogP contribution in [-0.4, -0.2) is 29.4 Å². The van der Waals surface area contributed by atoms with Crippen molar-refractivity contribution in [1.29, 1.82) is 5.26 Å². The molecule has 1 atom stereocenters. The molecular weight excluding hydrogens is 389 g/mol. The summed E-state index contributed by atoms with van der Waals surface area (Å²) < 4.78 is 14.4. The lowest BCUT2D eigenvalue weighted by Crippen LogP contribution is -2.40. The first-order chi connectivity index (χ1) is 14.0. The summed E-state index contributed by atoms with van der Waals surface area (Å²) in [6.07, 6.45) is 2.19.